The minimum absolute atomic E-state index is 0.336. The fourth-order valence-electron chi connectivity index (χ4n) is 3.37. The molecule has 0 bridgehead atoms. The summed E-state index contributed by atoms with van der Waals surface area (Å²) in [5.74, 6) is -1.22. The average Bonchev–Trinajstić information content (AvgIpc) is 3.42. The van der Waals surface area contributed by atoms with Gasteiger partial charge in [-0.15, -0.1) is 0 Å². The number of piperidine rings is 1. The van der Waals surface area contributed by atoms with Crippen molar-refractivity contribution in [2.45, 2.75) is 43.6 Å². The Morgan fingerprint density at radius 2 is 1.88 bits per heavy atom. The van der Waals surface area contributed by atoms with Gasteiger partial charge in [-0.2, -0.15) is 0 Å². The van der Waals surface area contributed by atoms with Gasteiger partial charge in [-0.25, -0.2) is 0 Å². The third-order valence-corrected chi connectivity index (χ3v) is 4.95. The number of rotatable bonds is 5. The number of hydrogen-bond acceptors (Lipinski definition) is 4. The van der Waals surface area contributed by atoms with E-state index < -0.39 is 17.4 Å². The van der Waals surface area contributed by atoms with Crippen LogP contribution in [0.5, 0.6) is 0 Å². The molecule has 1 heterocycles. The monoisotopic (exact) mass is 330 g/mol. The maximum atomic E-state index is 12.4. The first-order chi connectivity index (χ1) is 11.5. The van der Waals surface area contributed by atoms with Gasteiger partial charge in [-0.1, -0.05) is 30.3 Å². The number of benzene rings is 1. The zero-order chi connectivity index (χ0) is 17.2. The normalized spacial score (nSPS) is 21.8. The van der Waals surface area contributed by atoms with Crippen molar-refractivity contribution < 1.29 is 19.1 Å². The summed E-state index contributed by atoms with van der Waals surface area (Å²) in [5, 5.41) is 0. The van der Waals surface area contributed by atoms with E-state index in [1.54, 1.807) is 0 Å². The molecule has 2 amide bonds. The van der Waals surface area contributed by atoms with Crippen LogP contribution in [-0.2, 0) is 24.5 Å². The van der Waals surface area contributed by atoms with E-state index in [9.17, 15) is 14.4 Å². The number of ether oxygens (including phenoxy) is 1. The van der Waals surface area contributed by atoms with Gasteiger partial charge in [0.2, 0.25) is 5.91 Å². The minimum Gasteiger partial charge on any atom is -0.455 e. The topological polar surface area (TPSA) is 89.7 Å². The van der Waals surface area contributed by atoms with Gasteiger partial charge in [0.05, 0.1) is 5.41 Å². The quantitative estimate of drug-likeness (QED) is 0.820. The van der Waals surface area contributed by atoms with Gasteiger partial charge in [0.25, 0.3) is 5.91 Å². The zero-order valence-corrected chi connectivity index (χ0v) is 13.6. The van der Waals surface area contributed by atoms with Gasteiger partial charge in [-0.05, 0) is 37.7 Å². The Kier molecular flexibility index (Phi) is 4.55. The van der Waals surface area contributed by atoms with Crippen molar-refractivity contribution in [2.75, 3.05) is 13.2 Å². The number of likely N-dealkylation sites (tertiary alicyclic amines) is 1. The van der Waals surface area contributed by atoms with Crippen LogP contribution in [-0.4, -0.2) is 41.9 Å². The van der Waals surface area contributed by atoms with E-state index in [1.165, 1.54) is 4.90 Å². The van der Waals surface area contributed by atoms with E-state index in [1.807, 2.05) is 30.3 Å². The standard InChI is InChI=1S/C18H22N2O4/c19-16(22)14-8-4-5-11-20(14)15(21)12-24-17(23)18(9-10-18)13-6-2-1-3-7-13/h1-3,6-7,14H,4-5,8-12H2,(H2,19,22). The molecule has 6 nitrogen and oxygen atoms in total. The van der Waals surface area contributed by atoms with E-state index in [0.717, 1.165) is 31.2 Å². The van der Waals surface area contributed by atoms with Crippen molar-refractivity contribution in [3.05, 3.63) is 35.9 Å². The molecule has 2 N–H and O–H groups in total. The Balaban J connectivity index is 1.60. The molecule has 0 spiro atoms. The number of carbonyl (C=O) groups excluding carboxylic acids is 3. The fraction of sp³-hybridized carbons (Fsp3) is 0.500. The highest BCUT2D eigenvalue weighted by atomic mass is 16.5. The Hall–Kier alpha value is -2.37. The molecule has 1 aliphatic heterocycles. The first-order valence-electron chi connectivity index (χ1n) is 8.36. The van der Waals surface area contributed by atoms with Crippen molar-refractivity contribution in [3.63, 3.8) is 0 Å². The number of primary amides is 1. The first-order valence-corrected chi connectivity index (χ1v) is 8.36. The highest BCUT2D eigenvalue weighted by molar-refractivity contribution is 5.91. The van der Waals surface area contributed by atoms with Gasteiger partial charge in [0.1, 0.15) is 6.04 Å². The van der Waals surface area contributed by atoms with Crippen molar-refractivity contribution in [1.29, 1.82) is 0 Å². The van der Waals surface area contributed by atoms with Crippen molar-refractivity contribution >= 4 is 17.8 Å². The third kappa shape index (κ3) is 3.13. The second-order valence-corrected chi connectivity index (χ2v) is 6.53. The second kappa shape index (κ2) is 6.63. The smallest absolute Gasteiger partial charge is 0.317 e. The number of nitrogens with zero attached hydrogens (tertiary/aromatic N) is 1. The Bertz CT molecular complexity index is 640. The molecule has 0 aromatic heterocycles. The molecule has 24 heavy (non-hydrogen) atoms. The number of esters is 1. The molecule has 3 rings (SSSR count). The van der Waals surface area contributed by atoms with E-state index in [4.69, 9.17) is 10.5 Å². The molecule has 1 aromatic rings. The van der Waals surface area contributed by atoms with Gasteiger partial charge < -0.3 is 15.4 Å². The molecular weight excluding hydrogens is 308 g/mol. The second-order valence-electron chi connectivity index (χ2n) is 6.53. The Labute approximate surface area is 140 Å². The van der Waals surface area contributed by atoms with Gasteiger partial charge in [0, 0.05) is 6.54 Å². The maximum absolute atomic E-state index is 12.4. The molecule has 2 fully saturated rings. The van der Waals surface area contributed by atoms with Crippen LogP contribution in [0.25, 0.3) is 0 Å². The van der Waals surface area contributed by atoms with Crippen LogP contribution in [0.4, 0.5) is 0 Å². The van der Waals surface area contributed by atoms with Gasteiger partial charge >= 0.3 is 5.97 Å². The van der Waals surface area contributed by atoms with Crippen LogP contribution in [0.3, 0.4) is 0 Å². The lowest BCUT2D eigenvalue weighted by molar-refractivity contribution is -0.156. The molecule has 1 saturated heterocycles. The third-order valence-electron chi connectivity index (χ3n) is 4.95. The van der Waals surface area contributed by atoms with Crippen molar-refractivity contribution in [3.8, 4) is 0 Å². The lowest BCUT2D eigenvalue weighted by Crippen LogP contribution is -2.51. The Morgan fingerprint density at radius 3 is 2.50 bits per heavy atom. The molecule has 1 atom stereocenters. The molecule has 1 aliphatic carbocycles. The average molecular weight is 330 g/mol. The SMILES string of the molecule is NC(=O)C1CCCCN1C(=O)COC(=O)C1(c2ccccc2)CC1. The number of nitrogens with two attached hydrogens (primary N) is 1. The van der Waals surface area contributed by atoms with Crippen LogP contribution in [0.15, 0.2) is 30.3 Å². The predicted octanol–water partition coefficient (Wildman–Crippen LogP) is 1.13. The molecule has 2 aliphatic rings. The van der Waals surface area contributed by atoms with Crippen LogP contribution in [0.1, 0.15) is 37.7 Å². The number of amides is 2. The number of carbonyl (C=O) groups is 3. The molecule has 1 aromatic carbocycles. The van der Waals surface area contributed by atoms with E-state index in [0.29, 0.717) is 13.0 Å². The number of hydrogen-bond donors (Lipinski definition) is 1. The van der Waals surface area contributed by atoms with E-state index in [-0.39, 0.29) is 18.5 Å². The molecule has 6 heteroatoms. The van der Waals surface area contributed by atoms with Crippen LogP contribution in [0, 0.1) is 0 Å². The summed E-state index contributed by atoms with van der Waals surface area (Å²) in [4.78, 5) is 37.7. The Morgan fingerprint density at radius 1 is 1.17 bits per heavy atom. The molecule has 1 saturated carbocycles. The van der Waals surface area contributed by atoms with Crippen molar-refractivity contribution in [1.82, 2.24) is 4.90 Å². The maximum Gasteiger partial charge on any atom is 0.317 e. The van der Waals surface area contributed by atoms with Crippen molar-refractivity contribution in [2.24, 2.45) is 5.73 Å². The van der Waals surface area contributed by atoms with E-state index >= 15 is 0 Å². The molecule has 0 radical (unpaired) electrons. The summed E-state index contributed by atoms with van der Waals surface area (Å²) < 4.78 is 5.28. The molecular formula is C18H22N2O4. The summed E-state index contributed by atoms with van der Waals surface area (Å²) >= 11 is 0. The summed E-state index contributed by atoms with van der Waals surface area (Å²) in [5.41, 5.74) is 5.69. The highest BCUT2D eigenvalue weighted by Crippen LogP contribution is 2.49. The molecule has 128 valence electrons. The fourth-order valence-corrected chi connectivity index (χ4v) is 3.37. The lowest BCUT2D eigenvalue weighted by Gasteiger charge is -2.33. The summed E-state index contributed by atoms with van der Waals surface area (Å²) in [6.07, 6.45) is 3.74. The summed E-state index contributed by atoms with van der Waals surface area (Å²) in [6.45, 7) is 0.144. The van der Waals surface area contributed by atoms with Crippen LogP contribution in [0.2, 0.25) is 0 Å². The zero-order valence-electron chi connectivity index (χ0n) is 13.6. The first kappa shape index (κ1) is 16.5. The summed E-state index contributed by atoms with van der Waals surface area (Å²) in [6, 6.07) is 8.90. The minimum atomic E-state index is -0.605. The van der Waals surface area contributed by atoms with E-state index in [2.05, 4.69) is 0 Å². The van der Waals surface area contributed by atoms with Gasteiger partial charge in [0.15, 0.2) is 6.61 Å². The van der Waals surface area contributed by atoms with Crippen LogP contribution < -0.4 is 5.73 Å². The molecule has 1 unspecified atom stereocenters. The predicted molar refractivity (Wildman–Crippen MR) is 86.9 cm³/mol. The van der Waals surface area contributed by atoms with Crippen LogP contribution >= 0.6 is 0 Å². The summed E-state index contributed by atoms with van der Waals surface area (Å²) in [7, 11) is 0. The lowest BCUT2D eigenvalue weighted by atomic mass is 9.96. The highest BCUT2D eigenvalue weighted by Gasteiger charge is 2.52. The van der Waals surface area contributed by atoms with Gasteiger partial charge in [-0.3, -0.25) is 14.4 Å². The largest absolute Gasteiger partial charge is 0.455 e.